The fraction of sp³-hybridized carbons (Fsp3) is 0.227. The average molecular weight is 385 g/mol. The molecule has 142 valence electrons. The summed E-state index contributed by atoms with van der Waals surface area (Å²) < 4.78 is 55.2. The molecule has 2 nitrogen and oxygen atoms in total. The molecule has 4 rings (SSSR count). The molecule has 6 heteroatoms. The van der Waals surface area contributed by atoms with Crippen molar-refractivity contribution < 1.29 is 22.4 Å². The SMILES string of the molecule is C#CC(=O)N1[C@@H](c2ccc(F)cc2)C2=C(C[C@@H]1C(F)(F)F)c1ccccc1C2. The Balaban J connectivity index is 1.94. The second-order valence-corrected chi connectivity index (χ2v) is 6.91. The van der Waals surface area contributed by atoms with E-state index in [1.165, 1.54) is 24.3 Å². The number of carbonyl (C=O) groups excluding carboxylic acids is 1. The monoisotopic (exact) mass is 385 g/mol. The third-order valence-electron chi connectivity index (χ3n) is 5.37. The summed E-state index contributed by atoms with van der Waals surface area (Å²) in [5.41, 5.74) is 3.38. The maximum atomic E-state index is 13.9. The number of alkyl halides is 3. The fourth-order valence-corrected chi connectivity index (χ4v) is 4.21. The Morgan fingerprint density at radius 3 is 2.43 bits per heavy atom. The van der Waals surface area contributed by atoms with Crippen LogP contribution in [0.5, 0.6) is 0 Å². The summed E-state index contributed by atoms with van der Waals surface area (Å²) in [7, 11) is 0. The van der Waals surface area contributed by atoms with E-state index < -0.39 is 30.0 Å². The quantitative estimate of drug-likeness (QED) is 0.516. The Hall–Kier alpha value is -3.07. The van der Waals surface area contributed by atoms with Crippen LogP contribution in [0, 0.1) is 18.2 Å². The zero-order valence-corrected chi connectivity index (χ0v) is 14.6. The number of terminal acetylenes is 1. The molecule has 2 aromatic rings. The van der Waals surface area contributed by atoms with Gasteiger partial charge in [0.25, 0.3) is 5.91 Å². The number of carbonyl (C=O) groups is 1. The molecule has 0 radical (unpaired) electrons. The molecular weight excluding hydrogens is 370 g/mol. The van der Waals surface area contributed by atoms with E-state index in [-0.39, 0.29) is 6.42 Å². The highest BCUT2D eigenvalue weighted by molar-refractivity contribution is 5.95. The maximum Gasteiger partial charge on any atom is 0.409 e. The van der Waals surface area contributed by atoms with Gasteiger partial charge in [-0.05, 0) is 52.3 Å². The molecule has 0 fully saturated rings. The lowest BCUT2D eigenvalue weighted by atomic mass is 9.84. The molecule has 0 saturated heterocycles. The number of nitrogens with zero attached hydrogens (tertiary/aromatic N) is 1. The summed E-state index contributed by atoms with van der Waals surface area (Å²) in [4.78, 5) is 13.2. The molecule has 2 atom stereocenters. The maximum absolute atomic E-state index is 13.9. The summed E-state index contributed by atoms with van der Waals surface area (Å²) in [5.74, 6) is 0.302. The van der Waals surface area contributed by atoms with Crippen LogP contribution in [0.4, 0.5) is 17.6 Å². The molecule has 2 aromatic carbocycles. The summed E-state index contributed by atoms with van der Waals surface area (Å²) >= 11 is 0. The van der Waals surface area contributed by atoms with E-state index in [4.69, 9.17) is 6.42 Å². The van der Waals surface area contributed by atoms with Gasteiger partial charge in [-0.1, -0.05) is 36.4 Å². The zero-order valence-electron chi connectivity index (χ0n) is 14.6. The molecule has 0 unspecified atom stereocenters. The predicted octanol–water partition coefficient (Wildman–Crippen LogP) is 4.67. The van der Waals surface area contributed by atoms with Crippen LogP contribution in [0.25, 0.3) is 5.57 Å². The second kappa shape index (κ2) is 6.52. The van der Waals surface area contributed by atoms with Crippen LogP contribution in [0.1, 0.15) is 29.2 Å². The van der Waals surface area contributed by atoms with Crippen LogP contribution in [-0.4, -0.2) is 23.0 Å². The van der Waals surface area contributed by atoms with Crippen molar-refractivity contribution in [3.8, 4) is 12.3 Å². The molecule has 0 spiro atoms. The zero-order chi connectivity index (χ0) is 20.1. The fourth-order valence-electron chi connectivity index (χ4n) is 4.21. The van der Waals surface area contributed by atoms with E-state index in [1.54, 1.807) is 12.1 Å². The largest absolute Gasteiger partial charge is 0.409 e. The Bertz CT molecular complexity index is 1010. The van der Waals surface area contributed by atoms with Gasteiger partial charge in [-0.2, -0.15) is 13.2 Å². The minimum Gasteiger partial charge on any atom is -0.309 e. The number of rotatable bonds is 1. The number of hydrogen-bond donors (Lipinski definition) is 0. The van der Waals surface area contributed by atoms with Gasteiger partial charge >= 0.3 is 6.18 Å². The molecule has 28 heavy (non-hydrogen) atoms. The predicted molar refractivity (Wildman–Crippen MR) is 96.3 cm³/mol. The molecule has 0 aromatic heterocycles. The first-order valence-electron chi connectivity index (χ1n) is 8.72. The van der Waals surface area contributed by atoms with E-state index in [0.717, 1.165) is 16.0 Å². The molecule has 0 bridgehead atoms. The Kier molecular flexibility index (Phi) is 4.26. The van der Waals surface area contributed by atoms with Crippen molar-refractivity contribution in [2.75, 3.05) is 0 Å². The van der Waals surface area contributed by atoms with Crippen LogP contribution in [0.3, 0.4) is 0 Å². The minimum atomic E-state index is -4.65. The van der Waals surface area contributed by atoms with Gasteiger partial charge in [0.05, 0.1) is 6.04 Å². The highest BCUT2D eigenvalue weighted by atomic mass is 19.4. The van der Waals surface area contributed by atoms with Crippen LogP contribution in [0.2, 0.25) is 0 Å². The van der Waals surface area contributed by atoms with E-state index in [9.17, 15) is 22.4 Å². The van der Waals surface area contributed by atoms with Crippen LogP contribution in [0.15, 0.2) is 54.1 Å². The topological polar surface area (TPSA) is 20.3 Å². The van der Waals surface area contributed by atoms with E-state index in [2.05, 4.69) is 0 Å². The lowest BCUT2D eigenvalue weighted by Gasteiger charge is -2.43. The van der Waals surface area contributed by atoms with Crippen molar-refractivity contribution in [1.29, 1.82) is 0 Å². The number of amides is 1. The van der Waals surface area contributed by atoms with Crippen molar-refractivity contribution in [3.63, 3.8) is 0 Å². The van der Waals surface area contributed by atoms with Gasteiger partial charge < -0.3 is 4.90 Å². The smallest absolute Gasteiger partial charge is 0.309 e. The van der Waals surface area contributed by atoms with E-state index >= 15 is 0 Å². The summed E-state index contributed by atoms with van der Waals surface area (Å²) in [6.07, 6.45) is 0.634. The lowest BCUT2D eigenvalue weighted by Crippen LogP contribution is -2.52. The number of fused-ring (bicyclic) bond motifs is 2. The van der Waals surface area contributed by atoms with Gasteiger partial charge in [-0.3, -0.25) is 4.79 Å². The first kappa shape index (κ1) is 18.3. The highest BCUT2D eigenvalue weighted by Crippen LogP contribution is 2.51. The number of hydrogen-bond acceptors (Lipinski definition) is 1. The van der Waals surface area contributed by atoms with E-state index in [1.807, 2.05) is 18.1 Å². The molecule has 2 aliphatic rings. The molecule has 0 saturated carbocycles. The van der Waals surface area contributed by atoms with Gasteiger partial charge in [-0.25, -0.2) is 4.39 Å². The molecular formula is C22H15F4NO. The minimum absolute atomic E-state index is 0.346. The van der Waals surface area contributed by atoms with Crippen LogP contribution < -0.4 is 0 Å². The molecule has 1 amide bonds. The Morgan fingerprint density at radius 2 is 1.79 bits per heavy atom. The summed E-state index contributed by atoms with van der Waals surface area (Å²) in [5, 5.41) is 0. The summed E-state index contributed by atoms with van der Waals surface area (Å²) in [6, 6.07) is 9.39. The number of benzene rings is 2. The van der Waals surface area contributed by atoms with Gasteiger partial charge in [-0.15, -0.1) is 6.42 Å². The van der Waals surface area contributed by atoms with Gasteiger partial charge in [0.1, 0.15) is 11.9 Å². The third-order valence-corrected chi connectivity index (χ3v) is 5.37. The normalized spacial score (nSPS) is 21.2. The van der Waals surface area contributed by atoms with E-state index in [0.29, 0.717) is 23.1 Å². The van der Waals surface area contributed by atoms with Crippen molar-refractivity contribution in [3.05, 3.63) is 76.6 Å². The van der Waals surface area contributed by atoms with Gasteiger partial charge in [0.15, 0.2) is 0 Å². The molecule has 1 aliphatic carbocycles. The molecule has 0 N–H and O–H groups in total. The van der Waals surface area contributed by atoms with Crippen molar-refractivity contribution >= 4 is 11.5 Å². The third kappa shape index (κ3) is 2.88. The van der Waals surface area contributed by atoms with Gasteiger partial charge in [0, 0.05) is 6.42 Å². The van der Waals surface area contributed by atoms with Crippen LogP contribution >= 0.6 is 0 Å². The lowest BCUT2D eigenvalue weighted by molar-refractivity contribution is -0.192. The first-order chi connectivity index (χ1) is 13.3. The first-order valence-corrected chi connectivity index (χ1v) is 8.72. The molecule has 1 heterocycles. The standard InChI is InChI=1S/C22H15F4NO/c1-2-20(28)27-19(22(24,25)26)12-17-16-6-4-3-5-14(16)11-18(17)21(27)13-7-9-15(23)10-8-13/h1,3-10,19,21H,11-12H2/t19-,21+/m1/s1. The number of halogens is 4. The second-order valence-electron chi connectivity index (χ2n) is 6.91. The molecule has 1 aliphatic heterocycles. The average Bonchev–Trinajstić information content (AvgIpc) is 3.04. The Labute approximate surface area is 159 Å². The van der Waals surface area contributed by atoms with Gasteiger partial charge in [0.2, 0.25) is 0 Å². The highest BCUT2D eigenvalue weighted by Gasteiger charge is 2.52. The van der Waals surface area contributed by atoms with Crippen molar-refractivity contribution in [2.45, 2.75) is 31.1 Å². The van der Waals surface area contributed by atoms with Crippen molar-refractivity contribution in [1.82, 2.24) is 4.90 Å². The Morgan fingerprint density at radius 1 is 1.11 bits per heavy atom. The van der Waals surface area contributed by atoms with Crippen LogP contribution in [-0.2, 0) is 11.2 Å². The van der Waals surface area contributed by atoms with Crippen molar-refractivity contribution in [2.24, 2.45) is 0 Å². The summed E-state index contributed by atoms with van der Waals surface area (Å²) in [6.45, 7) is 0.